The van der Waals surface area contributed by atoms with Crippen LogP contribution in [0.1, 0.15) is 131 Å². The third-order valence-electron chi connectivity index (χ3n) is 9.41. The van der Waals surface area contributed by atoms with E-state index in [4.69, 9.17) is 13.6 Å². The molecular weight excluding hydrogens is 511 g/mol. The Morgan fingerprint density at radius 3 is 0.850 bits per heavy atom. The van der Waals surface area contributed by atoms with Crippen LogP contribution >= 0.6 is 8.60 Å². The average Bonchev–Trinajstić information content (AvgIpc) is 3.03. The Hall–Kier alpha value is -2.51. The normalized spacial score (nSPS) is 19.4. The molecule has 6 rings (SSSR count). The molecule has 0 amide bonds. The Balaban J connectivity index is 1.15. The zero-order valence-corrected chi connectivity index (χ0v) is 24.8. The molecule has 4 heteroatoms. The Labute approximate surface area is 242 Å². The second-order valence-electron chi connectivity index (χ2n) is 12.2. The second-order valence-corrected chi connectivity index (χ2v) is 13.2. The van der Waals surface area contributed by atoms with Gasteiger partial charge in [-0.15, -0.1) is 0 Å². The maximum Gasteiger partial charge on any atom is 0.530 e. The monoisotopic (exact) mass is 556 g/mol. The van der Waals surface area contributed by atoms with E-state index in [1.807, 2.05) is 0 Å². The molecule has 0 aliphatic heterocycles. The Kier molecular flexibility index (Phi) is 9.61. The van der Waals surface area contributed by atoms with Gasteiger partial charge in [-0.25, -0.2) is 0 Å². The van der Waals surface area contributed by atoms with Crippen LogP contribution in [-0.4, -0.2) is 0 Å². The van der Waals surface area contributed by atoms with Gasteiger partial charge in [-0.2, -0.15) is 0 Å². The Bertz CT molecular complexity index is 1010. The lowest BCUT2D eigenvalue weighted by atomic mass is 9.84. The number of hydrogen-bond acceptors (Lipinski definition) is 3. The summed E-state index contributed by atoms with van der Waals surface area (Å²) in [5, 5.41) is 0. The van der Waals surface area contributed by atoms with Crippen LogP contribution in [0.15, 0.2) is 72.8 Å². The van der Waals surface area contributed by atoms with Gasteiger partial charge in [0.2, 0.25) is 0 Å². The molecule has 3 aliphatic rings. The third-order valence-corrected chi connectivity index (χ3v) is 10.5. The molecule has 0 aromatic heterocycles. The van der Waals surface area contributed by atoms with Gasteiger partial charge in [0.15, 0.2) is 0 Å². The minimum Gasteiger partial charge on any atom is -0.409 e. The van der Waals surface area contributed by atoms with Gasteiger partial charge in [-0.1, -0.05) is 94.2 Å². The summed E-state index contributed by atoms with van der Waals surface area (Å²) in [5.41, 5.74) is 4.28. The van der Waals surface area contributed by atoms with Gasteiger partial charge in [-0.05, 0) is 109 Å². The maximum atomic E-state index is 6.38. The molecule has 3 fully saturated rings. The molecule has 3 nitrogen and oxygen atoms in total. The maximum absolute atomic E-state index is 6.38. The van der Waals surface area contributed by atoms with Gasteiger partial charge >= 0.3 is 8.60 Å². The number of benzene rings is 3. The van der Waals surface area contributed by atoms with Crippen LogP contribution in [0.25, 0.3) is 0 Å². The summed E-state index contributed by atoms with van der Waals surface area (Å²) >= 11 is 0. The van der Waals surface area contributed by atoms with E-state index < -0.39 is 8.60 Å². The first-order chi connectivity index (χ1) is 19.8. The van der Waals surface area contributed by atoms with E-state index in [1.165, 1.54) is 113 Å². The molecule has 0 N–H and O–H groups in total. The zero-order valence-electron chi connectivity index (χ0n) is 23.9. The van der Waals surface area contributed by atoms with E-state index in [2.05, 4.69) is 72.8 Å². The Morgan fingerprint density at radius 1 is 0.350 bits per heavy atom. The van der Waals surface area contributed by atoms with Gasteiger partial charge < -0.3 is 13.6 Å². The lowest BCUT2D eigenvalue weighted by Gasteiger charge is -2.23. The summed E-state index contributed by atoms with van der Waals surface area (Å²) in [7, 11) is -1.66. The number of hydrogen-bond donors (Lipinski definition) is 0. The van der Waals surface area contributed by atoms with Crippen LogP contribution in [0.4, 0.5) is 0 Å². The molecule has 3 aromatic carbocycles. The highest BCUT2D eigenvalue weighted by Crippen LogP contribution is 2.44. The van der Waals surface area contributed by atoms with Crippen molar-refractivity contribution in [3.05, 3.63) is 89.5 Å². The van der Waals surface area contributed by atoms with E-state index in [9.17, 15) is 0 Å². The van der Waals surface area contributed by atoms with E-state index in [0.717, 1.165) is 17.2 Å². The van der Waals surface area contributed by atoms with Crippen LogP contribution in [-0.2, 0) is 0 Å². The predicted octanol–water partition coefficient (Wildman–Crippen LogP) is 11.6. The summed E-state index contributed by atoms with van der Waals surface area (Å²) in [6.45, 7) is 0. The topological polar surface area (TPSA) is 27.7 Å². The summed E-state index contributed by atoms with van der Waals surface area (Å²) < 4.78 is 19.1. The molecule has 0 radical (unpaired) electrons. The van der Waals surface area contributed by atoms with Crippen molar-refractivity contribution in [1.82, 2.24) is 0 Å². The van der Waals surface area contributed by atoms with Crippen molar-refractivity contribution in [1.29, 1.82) is 0 Å². The van der Waals surface area contributed by atoms with Gasteiger partial charge in [0, 0.05) is 0 Å². The zero-order chi connectivity index (χ0) is 27.0. The molecule has 3 aromatic rings. The summed E-state index contributed by atoms with van der Waals surface area (Å²) in [6, 6.07) is 25.9. The molecule has 212 valence electrons. The summed E-state index contributed by atoms with van der Waals surface area (Å²) in [6.07, 6.45) is 20.0. The molecule has 0 unspecified atom stereocenters. The molecule has 40 heavy (non-hydrogen) atoms. The van der Waals surface area contributed by atoms with Crippen LogP contribution in [0.2, 0.25) is 0 Å². The highest BCUT2D eigenvalue weighted by Gasteiger charge is 2.23. The van der Waals surface area contributed by atoms with Crippen LogP contribution in [0, 0.1) is 0 Å². The molecule has 0 saturated heterocycles. The van der Waals surface area contributed by atoms with E-state index >= 15 is 0 Å². The van der Waals surface area contributed by atoms with Crippen LogP contribution in [0.3, 0.4) is 0 Å². The minimum atomic E-state index is -1.66. The highest BCUT2D eigenvalue weighted by molar-refractivity contribution is 7.43. The SMILES string of the molecule is c1cc(C2CCCCC2)ccc1OP(Oc1ccc(C2CCCCC2)cc1)Oc1ccc(C2CCCCC2)cc1. The Morgan fingerprint density at radius 2 is 0.600 bits per heavy atom. The van der Waals surface area contributed by atoms with E-state index in [-0.39, 0.29) is 0 Å². The fourth-order valence-corrected chi connectivity index (χ4v) is 8.02. The van der Waals surface area contributed by atoms with Crippen molar-refractivity contribution in [2.75, 3.05) is 0 Å². The summed E-state index contributed by atoms with van der Waals surface area (Å²) in [4.78, 5) is 0. The summed E-state index contributed by atoms with van der Waals surface area (Å²) in [5.74, 6) is 4.43. The average molecular weight is 557 g/mol. The smallest absolute Gasteiger partial charge is 0.409 e. The molecule has 0 atom stereocenters. The first-order valence-electron chi connectivity index (χ1n) is 15.9. The van der Waals surface area contributed by atoms with Gasteiger partial charge in [0.25, 0.3) is 0 Å². The molecule has 0 spiro atoms. The number of rotatable bonds is 9. The molecule has 0 heterocycles. The van der Waals surface area contributed by atoms with Crippen molar-refractivity contribution in [2.24, 2.45) is 0 Å². The van der Waals surface area contributed by atoms with E-state index in [1.54, 1.807) is 0 Å². The fourth-order valence-electron chi connectivity index (χ4n) is 7.02. The van der Waals surface area contributed by atoms with Crippen molar-refractivity contribution >= 4 is 8.60 Å². The second kappa shape index (κ2) is 13.9. The lowest BCUT2D eigenvalue weighted by molar-refractivity contribution is 0.387. The van der Waals surface area contributed by atoms with E-state index in [0.29, 0.717) is 17.8 Å². The standard InChI is InChI=1S/C36H45O3P/c1-4-10-28(11-5-1)31-16-22-34(23-17-31)37-40(38-35-24-18-32(19-25-35)29-12-6-2-7-13-29)39-36-26-20-33(21-27-36)30-14-8-3-9-15-30/h16-30H,1-15H2. The van der Waals surface area contributed by atoms with Crippen LogP contribution in [0.5, 0.6) is 17.2 Å². The minimum absolute atomic E-state index is 0.683. The first-order valence-corrected chi connectivity index (χ1v) is 17.0. The quantitative estimate of drug-likeness (QED) is 0.245. The molecular formula is C36H45O3P. The van der Waals surface area contributed by atoms with Crippen molar-refractivity contribution in [2.45, 2.75) is 114 Å². The largest absolute Gasteiger partial charge is 0.530 e. The highest BCUT2D eigenvalue weighted by atomic mass is 31.2. The fraction of sp³-hybridized carbons (Fsp3) is 0.500. The molecule has 3 aliphatic carbocycles. The lowest BCUT2D eigenvalue weighted by Crippen LogP contribution is -2.06. The van der Waals surface area contributed by atoms with Gasteiger partial charge in [-0.3, -0.25) is 0 Å². The van der Waals surface area contributed by atoms with Crippen molar-refractivity contribution in [3.8, 4) is 17.2 Å². The molecule has 0 bridgehead atoms. The van der Waals surface area contributed by atoms with Crippen molar-refractivity contribution < 1.29 is 13.6 Å². The van der Waals surface area contributed by atoms with Crippen molar-refractivity contribution in [3.63, 3.8) is 0 Å². The predicted molar refractivity (Wildman–Crippen MR) is 166 cm³/mol. The van der Waals surface area contributed by atoms with Gasteiger partial charge in [0.1, 0.15) is 17.2 Å². The first kappa shape index (κ1) is 27.6. The van der Waals surface area contributed by atoms with Crippen LogP contribution < -0.4 is 13.6 Å². The molecule has 3 saturated carbocycles. The third kappa shape index (κ3) is 7.41. The van der Waals surface area contributed by atoms with Gasteiger partial charge in [0.05, 0.1) is 0 Å².